The quantitative estimate of drug-likeness (QED) is 0.129. The zero-order valence-electron chi connectivity index (χ0n) is 19.0. The van der Waals surface area contributed by atoms with Gasteiger partial charge in [0.1, 0.15) is 23.9 Å². The Labute approximate surface area is 211 Å². The maximum atomic E-state index is 12.7. The van der Waals surface area contributed by atoms with E-state index in [4.69, 9.17) is 10.8 Å². The lowest BCUT2D eigenvalue weighted by molar-refractivity contribution is -0.143. The number of hydrogen-bond donors (Lipinski definition) is 8. The number of hydrogen-bond acceptors (Lipinski definition) is 9. The number of amides is 3. The summed E-state index contributed by atoms with van der Waals surface area (Å²) in [4.78, 5) is 60.3. The summed E-state index contributed by atoms with van der Waals surface area (Å²) in [6.45, 7) is 0. The van der Waals surface area contributed by atoms with Gasteiger partial charge in [-0.2, -0.15) is 24.4 Å². The van der Waals surface area contributed by atoms with E-state index < -0.39 is 60.2 Å². The number of carboxylic acids is 2. The first kappa shape index (κ1) is 30.1. The highest BCUT2D eigenvalue weighted by atomic mass is 32.2. The lowest BCUT2D eigenvalue weighted by Crippen LogP contribution is -2.58. The summed E-state index contributed by atoms with van der Waals surface area (Å²) in [6.07, 6.45) is 1.17. The van der Waals surface area contributed by atoms with Crippen LogP contribution in [0.15, 0.2) is 24.3 Å². The van der Waals surface area contributed by atoms with Gasteiger partial charge in [-0.15, -0.1) is 0 Å². The van der Waals surface area contributed by atoms with Crippen molar-refractivity contribution < 1.29 is 39.3 Å². The van der Waals surface area contributed by atoms with Gasteiger partial charge < -0.3 is 37.0 Å². The average Bonchev–Trinajstić information content (AvgIpc) is 2.80. The molecule has 0 heterocycles. The van der Waals surface area contributed by atoms with Gasteiger partial charge in [0.2, 0.25) is 17.7 Å². The van der Waals surface area contributed by atoms with E-state index in [2.05, 4.69) is 28.6 Å². The van der Waals surface area contributed by atoms with Gasteiger partial charge in [-0.25, -0.2) is 4.79 Å². The molecule has 0 radical (unpaired) electrons. The van der Waals surface area contributed by atoms with Crippen LogP contribution < -0.4 is 21.7 Å². The number of carbonyl (C=O) groups excluding carboxylic acids is 3. The fourth-order valence-electron chi connectivity index (χ4n) is 2.87. The van der Waals surface area contributed by atoms with Crippen LogP contribution in [0.2, 0.25) is 0 Å². The van der Waals surface area contributed by atoms with Crippen molar-refractivity contribution in [1.29, 1.82) is 0 Å². The molecule has 0 aliphatic carbocycles. The van der Waals surface area contributed by atoms with Crippen LogP contribution in [0.1, 0.15) is 18.4 Å². The molecule has 3 amide bonds. The number of carboxylic acid groups (broad SMARTS) is 2. The normalized spacial score (nSPS) is 14.1. The van der Waals surface area contributed by atoms with Gasteiger partial charge in [0.15, 0.2) is 0 Å². The molecular formula is C21H30N4O8S2. The Morgan fingerprint density at radius 1 is 0.943 bits per heavy atom. The largest absolute Gasteiger partial charge is 0.508 e. The summed E-state index contributed by atoms with van der Waals surface area (Å²) in [5, 5.41) is 34.6. The standard InChI is InChI=1S/C21H30N4O8S2/c1-35-7-6-14(21(32)33)23-19(30)15(9-17(27)28)24-20(31)16(10-34)25-18(29)13(22)8-11-2-4-12(26)5-3-11/h2-5,13-16,26,34H,6-10,22H2,1H3,(H,23,30)(H,24,31)(H,25,29)(H,27,28)(H,32,33)/t13-,14-,15-,16-/m0/s1. The third kappa shape index (κ3) is 10.9. The fraction of sp³-hybridized carbons (Fsp3) is 0.476. The lowest BCUT2D eigenvalue weighted by Gasteiger charge is -2.24. The molecule has 0 aromatic heterocycles. The molecule has 1 rings (SSSR count). The molecule has 1 aromatic rings. The first-order chi connectivity index (χ1) is 16.5. The van der Waals surface area contributed by atoms with Gasteiger partial charge in [-0.3, -0.25) is 19.2 Å². The number of nitrogens with one attached hydrogen (secondary N) is 3. The van der Waals surface area contributed by atoms with Crippen molar-refractivity contribution in [3.05, 3.63) is 29.8 Å². The number of thioether (sulfide) groups is 1. The Hall–Kier alpha value is -2.97. The summed E-state index contributed by atoms with van der Waals surface area (Å²) in [5.74, 6) is -4.95. The van der Waals surface area contributed by atoms with E-state index in [1.54, 1.807) is 18.4 Å². The Kier molecular flexibility index (Phi) is 13.0. The van der Waals surface area contributed by atoms with Gasteiger partial charge in [-0.1, -0.05) is 12.1 Å². The maximum absolute atomic E-state index is 12.7. The number of nitrogens with two attached hydrogens (primary N) is 1. The first-order valence-corrected chi connectivity index (χ1v) is 12.5. The number of rotatable bonds is 15. The molecule has 8 N–H and O–H groups in total. The average molecular weight is 531 g/mol. The molecule has 194 valence electrons. The highest BCUT2D eigenvalue weighted by Gasteiger charge is 2.31. The molecule has 0 fully saturated rings. The molecule has 14 heteroatoms. The van der Waals surface area contributed by atoms with Crippen molar-refractivity contribution in [3.8, 4) is 5.75 Å². The Morgan fingerprint density at radius 2 is 1.49 bits per heavy atom. The molecule has 0 saturated carbocycles. The van der Waals surface area contributed by atoms with Crippen molar-refractivity contribution in [2.45, 2.75) is 43.4 Å². The van der Waals surface area contributed by atoms with Gasteiger partial charge in [0.25, 0.3) is 0 Å². The second-order valence-electron chi connectivity index (χ2n) is 7.56. The Balaban J connectivity index is 2.82. The highest BCUT2D eigenvalue weighted by molar-refractivity contribution is 7.98. The van der Waals surface area contributed by atoms with Crippen molar-refractivity contribution >= 4 is 54.1 Å². The minimum Gasteiger partial charge on any atom is -0.508 e. The number of carbonyl (C=O) groups is 5. The molecule has 0 bridgehead atoms. The van der Waals surface area contributed by atoms with Gasteiger partial charge in [0.05, 0.1) is 12.5 Å². The van der Waals surface area contributed by atoms with Crippen molar-refractivity contribution in [1.82, 2.24) is 16.0 Å². The monoisotopic (exact) mass is 530 g/mol. The lowest BCUT2D eigenvalue weighted by atomic mass is 10.1. The van der Waals surface area contributed by atoms with Crippen LogP contribution in [-0.4, -0.2) is 86.9 Å². The van der Waals surface area contributed by atoms with Crippen LogP contribution in [0, 0.1) is 0 Å². The fourth-order valence-corrected chi connectivity index (χ4v) is 3.60. The zero-order valence-corrected chi connectivity index (χ0v) is 20.7. The van der Waals surface area contributed by atoms with Crippen LogP contribution >= 0.6 is 24.4 Å². The van der Waals surface area contributed by atoms with Crippen molar-refractivity contribution in [3.63, 3.8) is 0 Å². The molecule has 0 spiro atoms. The van der Waals surface area contributed by atoms with Crippen LogP contribution in [0.4, 0.5) is 0 Å². The van der Waals surface area contributed by atoms with Gasteiger partial charge >= 0.3 is 11.9 Å². The second kappa shape index (κ2) is 15.1. The third-order valence-electron chi connectivity index (χ3n) is 4.78. The number of benzene rings is 1. The molecule has 35 heavy (non-hydrogen) atoms. The van der Waals surface area contributed by atoms with E-state index in [9.17, 15) is 34.2 Å². The van der Waals surface area contributed by atoms with Gasteiger partial charge in [-0.05, 0) is 42.5 Å². The van der Waals surface area contributed by atoms with E-state index in [0.29, 0.717) is 11.3 Å². The van der Waals surface area contributed by atoms with Crippen LogP contribution in [0.5, 0.6) is 5.75 Å². The highest BCUT2D eigenvalue weighted by Crippen LogP contribution is 2.11. The van der Waals surface area contributed by atoms with Crippen molar-refractivity contribution in [2.75, 3.05) is 17.8 Å². The minimum atomic E-state index is -1.58. The van der Waals surface area contributed by atoms with Crippen LogP contribution in [-0.2, 0) is 30.4 Å². The summed E-state index contributed by atoms with van der Waals surface area (Å²) in [5.41, 5.74) is 6.57. The smallest absolute Gasteiger partial charge is 0.326 e. The predicted molar refractivity (Wildman–Crippen MR) is 132 cm³/mol. The molecular weight excluding hydrogens is 500 g/mol. The minimum absolute atomic E-state index is 0.0532. The van der Waals surface area contributed by atoms with E-state index >= 15 is 0 Å². The van der Waals surface area contributed by atoms with E-state index in [-0.39, 0.29) is 24.3 Å². The molecule has 0 unspecified atom stereocenters. The third-order valence-corrected chi connectivity index (χ3v) is 5.79. The predicted octanol–water partition coefficient (Wildman–Crippen LogP) is -1.04. The molecule has 0 saturated heterocycles. The SMILES string of the molecule is CSCC[C@H](NC(=O)[C@H](CC(=O)O)NC(=O)[C@H](CS)NC(=O)[C@@H](N)Cc1ccc(O)cc1)C(=O)O. The number of phenols is 1. The maximum Gasteiger partial charge on any atom is 0.326 e. The summed E-state index contributed by atoms with van der Waals surface area (Å²) >= 11 is 5.40. The number of aliphatic carboxylic acids is 2. The summed E-state index contributed by atoms with van der Waals surface area (Å²) < 4.78 is 0. The Morgan fingerprint density at radius 3 is 2.00 bits per heavy atom. The molecule has 0 aliphatic rings. The number of thiol groups is 1. The van der Waals surface area contributed by atoms with Gasteiger partial charge in [0, 0.05) is 5.75 Å². The van der Waals surface area contributed by atoms with Crippen LogP contribution in [0.25, 0.3) is 0 Å². The van der Waals surface area contributed by atoms with Crippen molar-refractivity contribution in [2.24, 2.45) is 5.73 Å². The number of aromatic hydroxyl groups is 1. The molecule has 4 atom stereocenters. The molecule has 0 aliphatic heterocycles. The Bertz CT molecular complexity index is 900. The molecule has 12 nitrogen and oxygen atoms in total. The topological polar surface area (TPSA) is 208 Å². The summed E-state index contributed by atoms with van der Waals surface area (Å²) in [7, 11) is 0. The summed E-state index contributed by atoms with van der Waals surface area (Å²) in [6, 6.07) is 0.922. The van der Waals surface area contributed by atoms with E-state index in [0.717, 1.165) is 0 Å². The second-order valence-corrected chi connectivity index (χ2v) is 8.91. The van der Waals surface area contributed by atoms with E-state index in [1.165, 1.54) is 23.9 Å². The first-order valence-electron chi connectivity index (χ1n) is 10.5. The molecule has 1 aromatic carbocycles. The zero-order chi connectivity index (χ0) is 26.5. The van der Waals surface area contributed by atoms with E-state index in [1.807, 2.05) is 0 Å². The number of phenolic OH excluding ortho intramolecular Hbond substituents is 1. The van der Waals surface area contributed by atoms with Crippen LogP contribution in [0.3, 0.4) is 0 Å².